The largest absolute Gasteiger partial charge is 0.491 e. The molecule has 0 heterocycles. The molecule has 0 aliphatic heterocycles. The van der Waals surface area contributed by atoms with Gasteiger partial charge in [-0.25, -0.2) is 0 Å². The van der Waals surface area contributed by atoms with Crippen molar-refractivity contribution >= 4 is 0 Å². The van der Waals surface area contributed by atoms with Crippen LogP contribution in [0.1, 0.15) is 18.4 Å². The van der Waals surface area contributed by atoms with Crippen molar-refractivity contribution in [1.82, 2.24) is 0 Å². The second kappa shape index (κ2) is 5.87. The first kappa shape index (κ1) is 11.4. The van der Waals surface area contributed by atoms with Gasteiger partial charge in [-0.05, 0) is 36.5 Å². The Morgan fingerprint density at radius 1 is 1.25 bits per heavy atom. The molecule has 1 saturated carbocycles. The summed E-state index contributed by atoms with van der Waals surface area (Å²) in [4.78, 5) is 0. The van der Waals surface area contributed by atoms with E-state index in [0.717, 1.165) is 23.8 Å². The average Bonchev–Trinajstić information content (AvgIpc) is 3.13. The van der Waals surface area contributed by atoms with Crippen LogP contribution >= 0.6 is 0 Å². The van der Waals surface area contributed by atoms with Crippen molar-refractivity contribution in [2.24, 2.45) is 11.7 Å². The Bertz CT molecular complexity index is 323. The summed E-state index contributed by atoms with van der Waals surface area (Å²) >= 11 is 0. The van der Waals surface area contributed by atoms with Crippen LogP contribution < -0.4 is 10.5 Å². The lowest BCUT2D eigenvalue weighted by atomic mass is 10.2. The molecule has 0 radical (unpaired) electrons. The van der Waals surface area contributed by atoms with Gasteiger partial charge >= 0.3 is 0 Å². The summed E-state index contributed by atoms with van der Waals surface area (Å²) in [6.45, 7) is 2.73. The smallest absolute Gasteiger partial charge is 0.119 e. The molecule has 0 saturated heterocycles. The molecule has 0 aromatic heterocycles. The number of ether oxygens (including phenoxy) is 2. The highest BCUT2D eigenvalue weighted by atomic mass is 16.5. The lowest BCUT2D eigenvalue weighted by molar-refractivity contribution is 0.0927. The molecule has 1 aliphatic rings. The Balaban J connectivity index is 1.63. The minimum absolute atomic E-state index is 0.551. The molecule has 1 aromatic rings. The van der Waals surface area contributed by atoms with Crippen molar-refractivity contribution in [3.8, 4) is 5.75 Å². The SMILES string of the molecule is NCc1cccc(OCCOCC2CC2)c1. The zero-order chi connectivity index (χ0) is 11.2. The molecule has 2 rings (SSSR count). The van der Waals surface area contributed by atoms with Gasteiger partial charge in [-0.15, -0.1) is 0 Å². The molecule has 0 bridgehead atoms. The molecule has 2 N–H and O–H groups in total. The van der Waals surface area contributed by atoms with Gasteiger partial charge in [-0.2, -0.15) is 0 Å². The summed E-state index contributed by atoms with van der Waals surface area (Å²) in [6, 6.07) is 7.87. The van der Waals surface area contributed by atoms with Crippen LogP contribution in [0.3, 0.4) is 0 Å². The molecule has 0 amide bonds. The molecule has 0 spiro atoms. The molecule has 3 heteroatoms. The van der Waals surface area contributed by atoms with Gasteiger partial charge in [0.2, 0.25) is 0 Å². The van der Waals surface area contributed by atoms with Crippen LogP contribution in [0.4, 0.5) is 0 Å². The van der Waals surface area contributed by atoms with E-state index in [1.165, 1.54) is 12.8 Å². The highest BCUT2D eigenvalue weighted by Gasteiger charge is 2.20. The van der Waals surface area contributed by atoms with Crippen LogP contribution in [0, 0.1) is 5.92 Å². The van der Waals surface area contributed by atoms with Crippen LogP contribution in [-0.4, -0.2) is 19.8 Å². The average molecular weight is 221 g/mol. The molecular formula is C13H19NO2. The summed E-state index contributed by atoms with van der Waals surface area (Å²) in [5.74, 6) is 1.69. The fourth-order valence-electron chi connectivity index (χ4n) is 1.52. The molecule has 3 nitrogen and oxygen atoms in total. The number of benzene rings is 1. The second-order valence-corrected chi connectivity index (χ2v) is 4.22. The fraction of sp³-hybridized carbons (Fsp3) is 0.538. The van der Waals surface area contributed by atoms with Gasteiger partial charge in [-0.1, -0.05) is 12.1 Å². The van der Waals surface area contributed by atoms with E-state index < -0.39 is 0 Å². The molecule has 1 aromatic carbocycles. The topological polar surface area (TPSA) is 44.5 Å². The molecule has 1 fully saturated rings. The first-order valence-electron chi connectivity index (χ1n) is 5.88. The lowest BCUT2D eigenvalue weighted by Gasteiger charge is -2.07. The highest BCUT2D eigenvalue weighted by Crippen LogP contribution is 2.28. The zero-order valence-electron chi connectivity index (χ0n) is 9.52. The summed E-state index contributed by atoms with van der Waals surface area (Å²) < 4.78 is 11.1. The van der Waals surface area contributed by atoms with Crippen molar-refractivity contribution in [2.45, 2.75) is 19.4 Å². The van der Waals surface area contributed by atoms with E-state index in [1.807, 2.05) is 24.3 Å². The van der Waals surface area contributed by atoms with Crippen molar-refractivity contribution in [3.63, 3.8) is 0 Å². The summed E-state index contributed by atoms with van der Waals surface area (Å²) in [6.07, 6.45) is 2.67. The molecule has 16 heavy (non-hydrogen) atoms. The van der Waals surface area contributed by atoms with E-state index in [-0.39, 0.29) is 0 Å². The standard InChI is InChI=1S/C13H19NO2/c14-9-12-2-1-3-13(8-12)16-7-6-15-10-11-4-5-11/h1-3,8,11H,4-7,9-10,14H2. The van der Waals surface area contributed by atoms with Crippen LogP contribution in [0.2, 0.25) is 0 Å². The van der Waals surface area contributed by atoms with E-state index in [1.54, 1.807) is 0 Å². The van der Waals surface area contributed by atoms with Crippen LogP contribution in [0.15, 0.2) is 24.3 Å². The van der Waals surface area contributed by atoms with Gasteiger partial charge in [0.1, 0.15) is 12.4 Å². The molecule has 88 valence electrons. The number of hydrogen-bond acceptors (Lipinski definition) is 3. The van der Waals surface area contributed by atoms with E-state index in [2.05, 4.69) is 0 Å². The first-order chi connectivity index (χ1) is 7.88. The van der Waals surface area contributed by atoms with Gasteiger partial charge < -0.3 is 15.2 Å². The van der Waals surface area contributed by atoms with Gasteiger partial charge in [0.25, 0.3) is 0 Å². The maximum Gasteiger partial charge on any atom is 0.119 e. The third kappa shape index (κ3) is 3.83. The first-order valence-corrected chi connectivity index (χ1v) is 5.88. The Kier molecular flexibility index (Phi) is 4.19. The number of hydrogen-bond donors (Lipinski definition) is 1. The highest BCUT2D eigenvalue weighted by molar-refractivity contribution is 5.28. The van der Waals surface area contributed by atoms with E-state index in [0.29, 0.717) is 19.8 Å². The lowest BCUT2D eigenvalue weighted by Crippen LogP contribution is -2.08. The molecule has 0 unspecified atom stereocenters. The third-order valence-electron chi connectivity index (χ3n) is 2.68. The number of rotatable bonds is 7. The summed E-state index contributed by atoms with van der Waals surface area (Å²) in [5, 5.41) is 0. The van der Waals surface area contributed by atoms with Crippen molar-refractivity contribution in [3.05, 3.63) is 29.8 Å². The monoisotopic (exact) mass is 221 g/mol. The summed E-state index contributed by atoms with van der Waals surface area (Å²) in [7, 11) is 0. The van der Waals surface area contributed by atoms with Gasteiger partial charge in [0.15, 0.2) is 0 Å². The maximum atomic E-state index is 5.57. The van der Waals surface area contributed by atoms with Crippen LogP contribution in [-0.2, 0) is 11.3 Å². The predicted molar refractivity (Wildman–Crippen MR) is 63.4 cm³/mol. The Labute approximate surface area is 96.5 Å². The van der Waals surface area contributed by atoms with E-state index >= 15 is 0 Å². The van der Waals surface area contributed by atoms with Crippen molar-refractivity contribution in [2.75, 3.05) is 19.8 Å². The zero-order valence-corrected chi connectivity index (χ0v) is 9.52. The normalized spacial score (nSPS) is 15.1. The minimum atomic E-state index is 0.551. The van der Waals surface area contributed by atoms with Crippen molar-refractivity contribution < 1.29 is 9.47 Å². The molecule has 1 aliphatic carbocycles. The Hall–Kier alpha value is -1.06. The maximum absolute atomic E-state index is 5.57. The Morgan fingerprint density at radius 3 is 2.88 bits per heavy atom. The van der Waals surface area contributed by atoms with Gasteiger partial charge in [-0.3, -0.25) is 0 Å². The van der Waals surface area contributed by atoms with Gasteiger partial charge in [0.05, 0.1) is 6.61 Å². The van der Waals surface area contributed by atoms with Crippen molar-refractivity contribution in [1.29, 1.82) is 0 Å². The van der Waals surface area contributed by atoms with Crippen LogP contribution in [0.5, 0.6) is 5.75 Å². The molecular weight excluding hydrogens is 202 g/mol. The number of nitrogens with two attached hydrogens (primary N) is 1. The Morgan fingerprint density at radius 2 is 2.12 bits per heavy atom. The van der Waals surface area contributed by atoms with E-state index in [4.69, 9.17) is 15.2 Å². The van der Waals surface area contributed by atoms with E-state index in [9.17, 15) is 0 Å². The molecule has 0 atom stereocenters. The van der Waals surface area contributed by atoms with Crippen LogP contribution in [0.25, 0.3) is 0 Å². The predicted octanol–water partition coefficient (Wildman–Crippen LogP) is 1.95. The quantitative estimate of drug-likeness (QED) is 0.716. The summed E-state index contributed by atoms with van der Waals surface area (Å²) in [5.41, 5.74) is 6.65. The minimum Gasteiger partial charge on any atom is -0.491 e. The second-order valence-electron chi connectivity index (χ2n) is 4.22. The van der Waals surface area contributed by atoms with Gasteiger partial charge in [0, 0.05) is 13.2 Å². The fourth-order valence-corrected chi connectivity index (χ4v) is 1.52. The third-order valence-corrected chi connectivity index (χ3v) is 2.68.